The Kier molecular flexibility index (Phi) is 3.51. The maximum absolute atomic E-state index is 12.7. The molecule has 0 atom stereocenters. The van der Waals surface area contributed by atoms with Gasteiger partial charge in [-0.2, -0.15) is 4.98 Å². The van der Waals surface area contributed by atoms with Crippen LogP contribution in [-0.2, 0) is 7.05 Å². The molecule has 0 bridgehead atoms. The molecule has 1 N–H and O–H groups in total. The van der Waals surface area contributed by atoms with E-state index < -0.39 is 0 Å². The number of fused-ring (bicyclic) bond motifs is 2. The molecule has 0 aliphatic carbocycles. The van der Waals surface area contributed by atoms with E-state index in [9.17, 15) is 9.90 Å². The topological polar surface area (TPSA) is 72.3 Å². The van der Waals surface area contributed by atoms with E-state index in [0.29, 0.717) is 16.5 Å². The van der Waals surface area contributed by atoms with Crippen LogP contribution in [0.25, 0.3) is 33.5 Å². The predicted molar refractivity (Wildman–Crippen MR) is 86.2 cm³/mol. The summed E-state index contributed by atoms with van der Waals surface area (Å²) in [6.07, 6.45) is 0. The van der Waals surface area contributed by atoms with Crippen LogP contribution in [0.4, 0.5) is 0 Å². The van der Waals surface area contributed by atoms with Crippen molar-refractivity contribution in [2.45, 2.75) is 0 Å². The van der Waals surface area contributed by atoms with E-state index in [-0.39, 0.29) is 32.9 Å². The van der Waals surface area contributed by atoms with Crippen LogP contribution in [0, 0.1) is 0 Å². The quantitative estimate of drug-likeness (QED) is 0.500. The first kappa shape index (κ1) is 15.0. The van der Waals surface area contributed by atoms with Crippen molar-refractivity contribution in [2.75, 3.05) is 0 Å². The summed E-state index contributed by atoms with van der Waals surface area (Å²) in [4.78, 5) is 15.6. The van der Waals surface area contributed by atoms with Gasteiger partial charge in [0.05, 0.1) is 5.52 Å². The Bertz CT molecular complexity index is 1050. The molecule has 23 heavy (non-hydrogen) atoms. The van der Waals surface area contributed by atoms with Crippen LogP contribution in [0.15, 0.2) is 57.7 Å². The van der Waals surface area contributed by atoms with Gasteiger partial charge in [0.2, 0.25) is 11.1 Å². The molecule has 0 saturated heterocycles. The molecule has 2 aromatic carbocycles. The number of aromatic amines is 1. The summed E-state index contributed by atoms with van der Waals surface area (Å²) < 4.78 is 7.12. The summed E-state index contributed by atoms with van der Waals surface area (Å²) in [6, 6.07) is 14.3. The second-order valence-electron chi connectivity index (χ2n) is 5.14. The predicted octanol–water partition coefficient (Wildman–Crippen LogP) is 1.46. The van der Waals surface area contributed by atoms with Gasteiger partial charge in [0.25, 0.3) is 5.56 Å². The zero-order valence-corrected chi connectivity index (χ0v) is 12.5. The molecule has 4 rings (SSSR count). The molecule has 5 nitrogen and oxygen atoms in total. The van der Waals surface area contributed by atoms with Crippen molar-refractivity contribution in [1.29, 1.82) is 0 Å². The number of pyridine rings is 1. The molecule has 0 unspecified atom stereocenters. The number of rotatable bonds is 1. The Hall–Kier alpha value is -2.91. The average Bonchev–Trinajstić information content (AvgIpc) is 2.96. The number of hydrogen-bond acceptors (Lipinski definition) is 3. The maximum Gasteiger partial charge on any atom is 2.00 e. The summed E-state index contributed by atoms with van der Waals surface area (Å²) in [7, 11) is 1.65. The van der Waals surface area contributed by atoms with Crippen LogP contribution in [0.3, 0.4) is 0 Å². The number of oxazole rings is 1. The molecule has 2 aromatic heterocycles. The van der Waals surface area contributed by atoms with E-state index >= 15 is 0 Å². The van der Waals surface area contributed by atoms with Gasteiger partial charge in [0, 0.05) is 13.1 Å². The second-order valence-corrected chi connectivity index (χ2v) is 5.14. The van der Waals surface area contributed by atoms with Gasteiger partial charge < -0.3 is 14.1 Å². The minimum atomic E-state index is -0.376. The molecule has 0 fully saturated rings. The molecule has 4 aromatic rings. The van der Waals surface area contributed by atoms with Crippen LogP contribution in [0.1, 0.15) is 0 Å². The summed E-state index contributed by atoms with van der Waals surface area (Å²) in [5.74, 6) is -0.133. The van der Waals surface area contributed by atoms with E-state index in [1.807, 2.05) is 18.2 Å². The van der Waals surface area contributed by atoms with Gasteiger partial charge in [-0.05, 0) is 17.5 Å². The van der Waals surface area contributed by atoms with Crippen molar-refractivity contribution < 1.29 is 14.5 Å². The Labute approximate surface area is 135 Å². The number of aromatic nitrogens is 2. The first-order valence-electron chi connectivity index (χ1n) is 6.87. The zero-order valence-electron chi connectivity index (χ0n) is 12.5. The van der Waals surface area contributed by atoms with E-state index in [0.717, 1.165) is 5.52 Å². The van der Waals surface area contributed by atoms with E-state index in [4.69, 9.17) is 4.42 Å². The molecular formula is C17H12BeN2O3+2. The molecule has 2 heterocycles. The van der Waals surface area contributed by atoms with Crippen molar-refractivity contribution in [3.05, 3.63) is 58.9 Å². The van der Waals surface area contributed by atoms with Gasteiger partial charge in [-0.25, -0.2) is 0 Å². The molecule has 0 spiro atoms. The van der Waals surface area contributed by atoms with Gasteiger partial charge in [-0.1, -0.05) is 36.1 Å². The van der Waals surface area contributed by atoms with E-state index in [2.05, 4.69) is 4.98 Å². The van der Waals surface area contributed by atoms with Crippen LogP contribution in [-0.4, -0.2) is 14.7 Å². The number of benzene rings is 2. The van der Waals surface area contributed by atoms with Gasteiger partial charge >= 0.3 is 16.0 Å². The van der Waals surface area contributed by atoms with E-state index in [1.54, 1.807) is 37.4 Å². The van der Waals surface area contributed by atoms with Crippen LogP contribution < -0.4 is 15.6 Å². The molecular weight excluding hydrogens is 289 g/mol. The first-order valence-corrected chi connectivity index (χ1v) is 6.87. The Morgan fingerprint density at radius 1 is 1.09 bits per heavy atom. The normalized spacial score (nSPS) is 10.8. The standard InChI is InChI=1S/C17H12N2O3.Be/c1-19-12-8-4-2-6-10(12)15(20)14(17(19)21)16-18-11-7-3-5-9-13(11)22-16;/h2-9,20H,1H3;/q;+2. The third-order valence-corrected chi connectivity index (χ3v) is 3.83. The van der Waals surface area contributed by atoms with E-state index in [1.165, 1.54) is 4.57 Å². The summed E-state index contributed by atoms with van der Waals surface area (Å²) in [5.41, 5.74) is 1.60. The zero-order chi connectivity index (χ0) is 15.3. The van der Waals surface area contributed by atoms with Gasteiger partial charge in [-0.3, -0.25) is 4.79 Å². The molecule has 0 aliphatic heterocycles. The Morgan fingerprint density at radius 3 is 2.57 bits per heavy atom. The SMILES string of the molecule is Cn1c(=O)c(-c2[nH+]c3ccccc3o2)c([O-])c2ccccc21.[Be+2]. The van der Waals surface area contributed by atoms with Gasteiger partial charge in [0.1, 0.15) is 5.56 Å². The third-order valence-electron chi connectivity index (χ3n) is 3.83. The Morgan fingerprint density at radius 2 is 1.78 bits per heavy atom. The smallest absolute Gasteiger partial charge is 0.871 e. The molecule has 0 radical (unpaired) electrons. The number of hydrogen-bond donors (Lipinski definition) is 0. The summed E-state index contributed by atoms with van der Waals surface area (Å²) in [5, 5.41) is 13.2. The summed E-state index contributed by atoms with van der Waals surface area (Å²) in [6.45, 7) is 0. The van der Waals surface area contributed by atoms with Crippen molar-refractivity contribution in [2.24, 2.45) is 7.05 Å². The van der Waals surface area contributed by atoms with Crippen LogP contribution in [0.2, 0.25) is 0 Å². The van der Waals surface area contributed by atoms with Crippen molar-refractivity contribution >= 4 is 32.1 Å². The molecule has 6 heteroatoms. The average molecular weight is 301 g/mol. The van der Waals surface area contributed by atoms with Gasteiger partial charge in [0.15, 0.2) is 0 Å². The fraction of sp³-hybridized carbons (Fsp3) is 0.0588. The molecule has 0 saturated carbocycles. The fourth-order valence-corrected chi connectivity index (χ4v) is 2.70. The largest absolute Gasteiger partial charge is 2.00 e. The molecule has 0 aliphatic rings. The summed E-state index contributed by atoms with van der Waals surface area (Å²) >= 11 is 0. The molecule has 108 valence electrons. The third kappa shape index (κ3) is 2.14. The second kappa shape index (κ2) is 5.37. The van der Waals surface area contributed by atoms with Crippen molar-refractivity contribution in [3.63, 3.8) is 0 Å². The number of H-pyrrole nitrogens is 1. The fourth-order valence-electron chi connectivity index (χ4n) is 2.70. The monoisotopic (exact) mass is 301 g/mol. The van der Waals surface area contributed by atoms with Gasteiger partial charge in [-0.15, -0.1) is 0 Å². The van der Waals surface area contributed by atoms with Crippen molar-refractivity contribution in [3.8, 4) is 17.2 Å². The first-order chi connectivity index (χ1) is 10.7. The number of nitrogens with one attached hydrogen (secondary N) is 1. The van der Waals surface area contributed by atoms with Crippen LogP contribution >= 0.6 is 0 Å². The van der Waals surface area contributed by atoms with Crippen molar-refractivity contribution in [1.82, 2.24) is 4.57 Å². The number of nitrogens with zero attached hydrogens (tertiary/aromatic N) is 1. The number of aryl methyl sites for hydroxylation is 1. The minimum Gasteiger partial charge on any atom is -0.871 e. The molecule has 0 amide bonds. The Balaban J connectivity index is 0.00000156. The minimum absolute atomic E-state index is 0. The maximum atomic E-state index is 12.7. The van der Waals surface area contributed by atoms with Crippen LogP contribution in [0.5, 0.6) is 5.75 Å². The number of para-hydroxylation sites is 3.